The lowest BCUT2D eigenvalue weighted by Gasteiger charge is -1.91. The molecule has 0 saturated carbocycles. The number of terminal acetylenes is 1. The maximum atomic E-state index is 10.6. The van der Waals surface area contributed by atoms with E-state index in [0.717, 1.165) is 0 Å². The maximum absolute atomic E-state index is 10.6. The van der Waals surface area contributed by atoms with Gasteiger partial charge in [-0.15, -0.1) is 6.42 Å². The van der Waals surface area contributed by atoms with Crippen molar-refractivity contribution >= 4 is 5.97 Å². The van der Waals surface area contributed by atoms with Gasteiger partial charge >= 0.3 is 5.97 Å². The van der Waals surface area contributed by atoms with Gasteiger partial charge in [0.2, 0.25) is 0 Å². The minimum atomic E-state index is -0.416. The average Bonchev–Trinajstić information content (AvgIpc) is 2.01. The summed E-state index contributed by atoms with van der Waals surface area (Å²) in [5, 5.41) is 0. The Balaban J connectivity index is 3.62. The van der Waals surface area contributed by atoms with Gasteiger partial charge < -0.3 is 4.74 Å². The van der Waals surface area contributed by atoms with Crippen LogP contribution in [0.3, 0.4) is 0 Å². The minimum absolute atomic E-state index is 0.0268. The Hall–Kier alpha value is -1.49. The molecular weight excluding hydrogens is 140 g/mol. The van der Waals surface area contributed by atoms with E-state index in [1.54, 1.807) is 12.2 Å². The molecule has 0 unspecified atom stereocenters. The van der Waals surface area contributed by atoms with Crippen molar-refractivity contribution in [3.63, 3.8) is 0 Å². The molecule has 0 rings (SSSR count). The van der Waals surface area contributed by atoms with E-state index in [9.17, 15) is 4.79 Å². The lowest BCUT2D eigenvalue weighted by atomic mass is 10.4. The predicted octanol–water partition coefficient (Wildman–Crippen LogP) is 1.30. The van der Waals surface area contributed by atoms with Crippen LogP contribution in [0.2, 0.25) is 0 Å². The maximum Gasteiger partial charge on any atom is 0.331 e. The molecule has 0 radical (unpaired) electrons. The fourth-order valence-electron chi connectivity index (χ4n) is 0.406. The Morgan fingerprint density at radius 2 is 2.36 bits per heavy atom. The molecule has 0 aromatic carbocycles. The monoisotopic (exact) mass is 150 g/mol. The van der Waals surface area contributed by atoms with Gasteiger partial charge in [-0.1, -0.05) is 24.1 Å². The third-order valence-corrected chi connectivity index (χ3v) is 0.834. The van der Waals surface area contributed by atoms with E-state index in [1.807, 2.05) is 13.0 Å². The summed E-state index contributed by atoms with van der Waals surface area (Å²) in [4.78, 5) is 10.6. The molecule has 0 aliphatic carbocycles. The van der Waals surface area contributed by atoms with Gasteiger partial charge in [0.1, 0.15) is 0 Å². The van der Waals surface area contributed by atoms with Crippen molar-refractivity contribution in [1.29, 1.82) is 0 Å². The number of ether oxygens (including phenoxy) is 1. The first-order chi connectivity index (χ1) is 5.31. The lowest BCUT2D eigenvalue weighted by Crippen LogP contribution is -1.99. The third kappa shape index (κ3) is 6.39. The van der Waals surface area contributed by atoms with Crippen LogP contribution in [0.1, 0.15) is 6.92 Å². The molecule has 11 heavy (non-hydrogen) atoms. The number of esters is 1. The number of hydrogen-bond acceptors (Lipinski definition) is 2. The van der Waals surface area contributed by atoms with Crippen molar-refractivity contribution in [1.82, 2.24) is 0 Å². The molecule has 0 bridgehead atoms. The second-order valence-electron chi connectivity index (χ2n) is 1.70. The van der Waals surface area contributed by atoms with Gasteiger partial charge in [0.15, 0.2) is 6.61 Å². The van der Waals surface area contributed by atoms with E-state index in [4.69, 9.17) is 6.42 Å². The molecule has 0 aromatic rings. The van der Waals surface area contributed by atoms with Gasteiger partial charge in [-0.3, -0.25) is 0 Å². The highest BCUT2D eigenvalue weighted by molar-refractivity contribution is 5.82. The van der Waals surface area contributed by atoms with Gasteiger partial charge in [-0.25, -0.2) is 4.79 Å². The topological polar surface area (TPSA) is 26.3 Å². The SMILES string of the molecule is C#CCOC(=O)/C=C/C=C/C. The molecule has 0 atom stereocenters. The molecule has 2 nitrogen and oxygen atoms in total. The van der Waals surface area contributed by atoms with Crippen molar-refractivity contribution in [3.8, 4) is 12.3 Å². The lowest BCUT2D eigenvalue weighted by molar-refractivity contribution is -0.136. The zero-order valence-corrected chi connectivity index (χ0v) is 6.41. The molecule has 2 heteroatoms. The molecule has 0 fully saturated rings. The van der Waals surface area contributed by atoms with Crippen LogP contribution < -0.4 is 0 Å². The van der Waals surface area contributed by atoms with Crippen LogP contribution in [0, 0.1) is 12.3 Å². The molecular formula is C9H10O2. The number of carbonyl (C=O) groups excluding carboxylic acids is 1. The first-order valence-corrected chi connectivity index (χ1v) is 3.21. The smallest absolute Gasteiger partial charge is 0.331 e. The van der Waals surface area contributed by atoms with E-state index in [-0.39, 0.29) is 6.61 Å². The van der Waals surface area contributed by atoms with Crippen LogP contribution in [0.4, 0.5) is 0 Å². The van der Waals surface area contributed by atoms with E-state index >= 15 is 0 Å². The standard InChI is InChI=1S/C9H10O2/c1-3-5-6-7-9(10)11-8-4-2/h2-3,5-7H,8H2,1H3/b5-3+,7-6+. The van der Waals surface area contributed by atoms with Crippen LogP contribution >= 0.6 is 0 Å². The molecule has 58 valence electrons. The second-order valence-corrected chi connectivity index (χ2v) is 1.70. The van der Waals surface area contributed by atoms with Gasteiger partial charge in [-0.05, 0) is 6.92 Å². The zero-order chi connectivity index (χ0) is 8.53. The highest BCUT2D eigenvalue weighted by Gasteiger charge is 1.90. The molecule has 0 aliphatic heterocycles. The summed E-state index contributed by atoms with van der Waals surface area (Å²) in [7, 11) is 0. The molecule has 0 aromatic heterocycles. The summed E-state index contributed by atoms with van der Waals surface area (Å²) in [6.07, 6.45) is 11.3. The average molecular weight is 150 g/mol. The Kier molecular flexibility index (Phi) is 5.73. The summed E-state index contributed by atoms with van der Waals surface area (Å²) < 4.78 is 4.54. The van der Waals surface area contributed by atoms with Gasteiger partial charge in [-0.2, -0.15) is 0 Å². The van der Waals surface area contributed by atoms with Crippen molar-refractivity contribution in [2.75, 3.05) is 6.61 Å². The van der Waals surface area contributed by atoms with Gasteiger partial charge in [0, 0.05) is 6.08 Å². The summed E-state index contributed by atoms with van der Waals surface area (Å²) >= 11 is 0. The Morgan fingerprint density at radius 1 is 1.64 bits per heavy atom. The fourth-order valence-corrected chi connectivity index (χ4v) is 0.406. The molecule has 0 aliphatic rings. The van der Waals surface area contributed by atoms with Crippen molar-refractivity contribution < 1.29 is 9.53 Å². The van der Waals surface area contributed by atoms with Crippen LogP contribution in [0.15, 0.2) is 24.3 Å². The second kappa shape index (κ2) is 6.63. The fraction of sp³-hybridized carbons (Fsp3) is 0.222. The van der Waals surface area contributed by atoms with Crippen LogP contribution in [-0.2, 0) is 9.53 Å². The van der Waals surface area contributed by atoms with E-state index < -0.39 is 5.97 Å². The summed E-state index contributed by atoms with van der Waals surface area (Å²) in [6.45, 7) is 1.89. The molecule has 0 N–H and O–H groups in total. The van der Waals surface area contributed by atoms with Crippen molar-refractivity contribution in [2.24, 2.45) is 0 Å². The van der Waals surface area contributed by atoms with Gasteiger partial charge in [0.25, 0.3) is 0 Å². The van der Waals surface area contributed by atoms with Crippen molar-refractivity contribution in [2.45, 2.75) is 6.92 Å². The van der Waals surface area contributed by atoms with Crippen LogP contribution in [-0.4, -0.2) is 12.6 Å². The van der Waals surface area contributed by atoms with Crippen LogP contribution in [0.25, 0.3) is 0 Å². The summed E-state index contributed by atoms with van der Waals surface area (Å²) in [5.41, 5.74) is 0. The Morgan fingerprint density at radius 3 is 2.91 bits per heavy atom. The quantitative estimate of drug-likeness (QED) is 0.262. The largest absolute Gasteiger partial charge is 0.449 e. The number of carbonyl (C=O) groups is 1. The third-order valence-electron chi connectivity index (χ3n) is 0.834. The molecule has 0 heterocycles. The first-order valence-electron chi connectivity index (χ1n) is 3.21. The predicted molar refractivity (Wildman–Crippen MR) is 43.7 cm³/mol. The normalized spacial score (nSPS) is 10.2. The van der Waals surface area contributed by atoms with E-state index in [2.05, 4.69) is 10.7 Å². The van der Waals surface area contributed by atoms with E-state index in [1.165, 1.54) is 6.08 Å². The zero-order valence-electron chi connectivity index (χ0n) is 6.41. The minimum Gasteiger partial charge on any atom is -0.449 e. The number of allylic oxidation sites excluding steroid dienone is 3. The van der Waals surface area contributed by atoms with Crippen LogP contribution in [0.5, 0.6) is 0 Å². The number of hydrogen-bond donors (Lipinski definition) is 0. The Bertz CT molecular complexity index is 206. The van der Waals surface area contributed by atoms with Crippen molar-refractivity contribution in [3.05, 3.63) is 24.3 Å². The highest BCUT2D eigenvalue weighted by Crippen LogP contribution is 1.81. The summed E-state index contributed by atoms with van der Waals surface area (Å²) in [5.74, 6) is 1.78. The van der Waals surface area contributed by atoms with E-state index in [0.29, 0.717) is 0 Å². The number of rotatable bonds is 3. The summed E-state index contributed by atoms with van der Waals surface area (Å²) in [6, 6.07) is 0. The Labute approximate surface area is 66.6 Å². The highest BCUT2D eigenvalue weighted by atomic mass is 16.5. The molecule has 0 spiro atoms. The molecule has 0 saturated heterocycles. The van der Waals surface area contributed by atoms with Gasteiger partial charge in [0.05, 0.1) is 0 Å². The first kappa shape index (κ1) is 9.51. The molecule has 0 amide bonds.